The van der Waals surface area contributed by atoms with Gasteiger partial charge in [0.25, 0.3) is 0 Å². The highest BCUT2D eigenvalue weighted by Crippen LogP contribution is 2.46. The summed E-state index contributed by atoms with van der Waals surface area (Å²) in [6, 6.07) is 120. The maximum Gasteiger partial charge on any atom is 0.137 e. The number of rotatable bonds is 13. The third-order valence-corrected chi connectivity index (χ3v) is 18.8. The van der Waals surface area contributed by atoms with Crippen molar-refractivity contribution in [2.75, 3.05) is 20.0 Å². The molecule has 4 heterocycles. The highest BCUT2D eigenvalue weighted by atomic mass is 35.5. The second-order valence-electron chi connectivity index (χ2n) is 23.8. The Morgan fingerprint density at radius 3 is 1.11 bits per heavy atom. The molecular weight excluding hydrogens is 1280 g/mol. The van der Waals surface area contributed by atoms with E-state index in [2.05, 4.69) is 273 Å². The molecule has 0 fully saturated rings. The average Bonchev–Trinajstić information content (AvgIpc) is 1.71. The minimum atomic E-state index is 0.550. The van der Waals surface area contributed by atoms with Gasteiger partial charge in [-0.1, -0.05) is 205 Å². The van der Waals surface area contributed by atoms with Gasteiger partial charge in [0.15, 0.2) is 0 Å². The van der Waals surface area contributed by atoms with E-state index in [4.69, 9.17) is 43.6 Å². The van der Waals surface area contributed by atoms with Gasteiger partial charge in [-0.2, -0.15) is 0 Å². The number of aromatic nitrogens is 2. The van der Waals surface area contributed by atoms with Crippen molar-refractivity contribution in [1.82, 2.24) is 9.13 Å². The van der Waals surface area contributed by atoms with Crippen molar-refractivity contribution in [3.63, 3.8) is 0 Å². The molecule has 0 saturated carbocycles. The van der Waals surface area contributed by atoms with E-state index in [0.29, 0.717) is 15.1 Å². The quantitative estimate of drug-likeness (QED) is 0.124. The highest BCUT2D eigenvalue weighted by molar-refractivity contribution is 6.45. The molecule has 0 unspecified atom stereocenters. The average molecular weight is 1340 g/mol. The molecule has 0 radical (unpaired) electrons. The summed E-state index contributed by atoms with van der Waals surface area (Å²) in [6.07, 6.45) is 4.08. The molecule has 0 spiro atoms. The third-order valence-electron chi connectivity index (χ3n) is 17.6. The zero-order valence-electron chi connectivity index (χ0n) is 53.3. The number of para-hydroxylation sites is 8. The number of nitrogens with one attached hydrogen (secondary N) is 1. The fourth-order valence-corrected chi connectivity index (χ4v) is 13.8. The molecule has 0 amide bonds. The normalized spacial score (nSPS) is 11.2. The lowest BCUT2D eigenvalue weighted by molar-refractivity contribution is 0.668. The van der Waals surface area contributed by atoms with Crippen LogP contribution in [-0.2, 0) is 0 Å². The number of hydrogen-bond donors (Lipinski definition) is 1. The summed E-state index contributed by atoms with van der Waals surface area (Å²) >= 11 is 20.1. The van der Waals surface area contributed by atoms with Gasteiger partial charge >= 0.3 is 0 Å². The fourth-order valence-electron chi connectivity index (χ4n) is 13.1. The second kappa shape index (κ2) is 27.5. The summed E-state index contributed by atoms with van der Waals surface area (Å²) in [4.78, 5) is 6.77. The van der Waals surface area contributed by atoms with Gasteiger partial charge < -0.3 is 38.0 Å². The molecule has 18 aromatic rings. The van der Waals surface area contributed by atoms with Crippen LogP contribution in [-0.4, -0.2) is 9.13 Å². The maximum absolute atomic E-state index is 7.51. The topological polar surface area (TPSA) is 57.9 Å². The van der Waals surface area contributed by atoms with E-state index in [9.17, 15) is 0 Å². The molecule has 476 valence electrons. The summed E-state index contributed by atoms with van der Waals surface area (Å²) in [5.41, 5.74) is 18.9. The summed E-state index contributed by atoms with van der Waals surface area (Å²) in [6.45, 7) is 0. The van der Waals surface area contributed by atoms with Crippen molar-refractivity contribution >= 4 is 163 Å². The molecule has 11 heteroatoms. The molecule has 0 saturated heterocycles. The Labute approximate surface area is 587 Å². The van der Waals surface area contributed by atoms with Crippen molar-refractivity contribution in [2.45, 2.75) is 0 Å². The van der Waals surface area contributed by atoms with Crippen LogP contribution in [0.1, 0.15) is 0 Å². The molecule has 8 nitrogen and oxygen atoms in total. The standard InChI is InChI=1S/C44H30ClN3O.C24H20N2.C20H11Cl2NO/c45-43-40(26-23-31-27-28-46(44(31)43)35-24-25-39-38-21-10-11-22-41(38)49-42(39)30-35)48(34-17-8-3-9-18-34)37-20-12-19-36(29-37)47(32-13-4-1-5-14-32)33-15-6-2-7-16-33;1-4-11-20(12-5-1)25-21-13-10-18-24(19-21)26(22-14-6-2-7-15-22)23-16-8-3-9-17-23;21-16-8-5-12-9-10-23(20(12)19(16)22)13-6-7-15-14-3-1-2-4-17(14)24-18(15)11-13/h1-30H;1-19,25H;1-11H. The van der Waals surface area contributed by atoms with E-state index in [1.165, 1.54) is 0 Å². The molecule has 18 rings (SSSR count). The van der Waals surface area contributed by atoms with E-state index < -0.39 is 0 Å². The summed E-state index contributed by atoms with van der Waals surface area (Å²) in [5, 5.41) is 11.8. The number of benzene rings is 14. The first kappa shape index (κ1) is 61.7. The smallest absolute Gasteiger partial charge is 0.137 e. The van der Waals surface area contributed by atoms with Crippen molar-refractivity contribution in [3.8, 4) is 11.4 Å². The number of fused-ring (bicyclic) bond motifs is 8. The van der Waals surface area contributed by atoms with Crippen molar-refractivity contribution < 1.29 is 8.83 Å². The largest absolute Gasteiger partial charge is 0.456 e. The number of anilines is 11. The van der Waals surface area contributed by atoms with E-state index >= 15 is 0 Å². The summed E-state index contributed by atoms with van der Waals surface area (Å²) in [7, 11) is 0. The second-order valence-corrected chi connectivity index (χ2v) is 25.0. The maximum atomic E-state index is 7.51. The van der Waals surface area contributed by atoms with E-state index in [0.717, 1.165) is 140 Å². The lowest BCUT2D eigenvalue weighted by Crippen LogP contribution is -2.13. The van der Waals surface area contributed by atoms with Gasteiger partial charge in [0, 0.05) is 125 Å². The van der Waals surface area contributed by atoms with Gasteiger partial charge in [0.1, 0.15) is 22.3 Å². The Balaban J connectivity index is 0.000000128. The van der Waals surface area contributed by atoms with Crippen LogP contribution in [0.25, 0.3) is 77.1 Å². The number of halogens is 3. The van der Waals surface area contributed by atoms with E-state index in [-0.39, 0.29) is 0 Å². The zero-order chi connectivity index (χ0) is 66.6. The van der Waals surface area contributed by atoms with Crippen LogP contribution in [0.4, 0.5) is 62.6 Å². The zero-order valence-corrected chi connectivity index (χ0v) is 55.6. The Bertz CT molecular complexity index is 5770. The lowest BCUT2D eigenvalue weighted by Gasteiger charge is -2.30. The minimum absolute atomic E-state index is 0.550. The first-order chi connectivity index (χ1) is 48.8. The van der Waals surface area contributed by atoms with Crippen LogP contribution < -0.4 is 20.0 Å². The van der Waals surface area contributed by atoms with Crippen molar-refractivity contribution in [3.05, 3.63) is 379 Å². The summed E-state index contributed by atoms with van der Waals surface area (Å²) in [5.74, 6) is 0. The van der Waals surface area contributed by atoms with Crippen LogP contribution in [0.15, 0.2) is 373 Å². The van der Waals surface area contributed by atoms with Gasteiger partial charge in [0.2, 0.25) is 0 Å². The van der Waals surface area contributed by atoms with Gasteiger partial charge in [0.05, 0.1) is 31.8 Å². The molecule has 0 bridgehead atoms. The third kappa shape index (κ3) is 12.5. The van der Waals surface area contributed by atoms with Crippen LogP contribution in [0, 0.1) is 0 Å². The minimum Gasteiger partial charge on any atom is -0.456 e. The first-order valence-electron chi connectivity index (χ1n) is 32.6. The first-order valence-corrected chi connectivity index (χ1v) is 33.7. The van der Waals surface area contributed by atoms with Gasteiger partial charge in [-0.3, -0.25) is 0 Å². The highest BCUT2D eigenvalue weighted by Gasteiger charge is 2.23. The SMILES string of the molecule is Clc1c(N(c2ccccc2)c2cccc(N(c3ccccc3)c3ccccc3)c2)ccc2ccn(-c3ccc4c(c3)oc3ccccc34)c12.Clc1ccc2ccn(-c3ccc4c(c3)oc3ccccc34)c2c1Cl.c1ccc(Nc2cccc(N(c3ccccc3)c3ccccc3)c2)cc1. The van der Waals surface area contributed by atoms with Crippen LogP contribution in [0.2, 0.25) is 15.1 Å². The Hall–Kier alpha value is -12.2. The molecule has 1 N–H and O–H groups in total. The predicted octanol–water partition coefficient (Wildman–Crippen LogP) is 26.9. The van der Waals surface area contributed by atoms with Gasteiger partial charge in [-0.25, -0.2) is 0 Å². The lowest BCUT2D eigenvalue weighted by atomic mass is 10.1. The molecule has 99 heavy (non-hydrogen) atoms. The fraction of sp³-hybridized carbons (Fsp3) is 0. The van der Waals surface area contributed by atoms with Gasteiger partial charge in [-0.05, 0) is 170 Å². The van der Waals surface area contributed by atoms with E-state index in [1.54, 1.807) is 0 Å². The van der Waals surface area contributed by atoms with Crippen molar-refractivity contribution in [2.24, 2.45) is 0 Å². The monoisotopic (exact) mass is 1340 g/mol. The molecular formula is C88H61Cl3N6O2. The molecule has 0 aliphatic carbocycles. The van der Waals surface area contributed by atoms with Crippen molar-refractivity contribution in [1.29, 1.82) is 0 Å². The van der Waals surface area contributed by atoms with E-state index in [1.807, 2.05) is 120 Å². The predicted molar refractivity (Wildman–Crippen MR) is 416 cm³/mol. The Kier molecular flexibility index (Phi) is 17.1. The Morgan fingerprint density at radius 1 is 0.263 bits per heavy atom. The molecule has 0 aliphatic rings. The van der Waals surface area contributed by atoms with Crippen LogP contribution in [0.5, 0.6) is 0 Å². The summed E-state index contributed by atoms with van der Waals surface area (Å²) < 4.78 is 16.4. The molecule has 4 aromatic heterocycles. The van der Waals surface area contributed by atoms with Crippen LogP contribution >= 0.6 is 34.8 Å². The number of hydrogen-bond acceptors (Lipinski definition) is 6. The van der Waals surface area contributed by atoms with Gasteiger partial charge in [-0.15, -0.1) is 0 Å². The molecule has 0 atom stereocenters. The molecule has 14 aromatic carbocycles. The Morgan fingerprint density at radius 2 is 0.626 bits per heavy atom. The van der Waals surface area contributed by atoms with Crippen LogP contribution in [0.3, 0.4) is 0 Å². The molecule has 0 aliphatic heterocycles. The number of nitrogens with zero attached hydrogens (tertiary/aromatic N) is 5. The number of furan rings is 2.